The Balaban J connectivity index is 1.12. The first-order valence-electron chi connectivity index (χ1n) is 17.3. The van der Waals surface area contributed by atoms with Crippen molar-refractivity contribution in [3.8, 4) is 0 Å². The maximum absolute atomic E-state index is 13.5. The molecule has 2 heterocycles. The lowest BCUT2D eigenvalue weighted by molar-refractivity contribution is -0.310. The summed E-state index contributed by atoms with van der Waals surface area (Å²) in [5.74, 6) is 1.90. The molecule has 8 heteroatoms. The van der Waals surface area contributed by atoms with E-state index in [1.807, 2.05) is 19.1 Å². The Kier molecular flexibility index (Phi) is 7.63. The molecule has 7 nitrogen and oxygen atoms in total. The monoisotopic (exact) mass is 628 g/mol. The molecule has 0 amide bonds. The van der Waals surface area contributed by atoms with Crippen LogP contribution in [0.1, 0.15) is 98.0 Å². The average Bonchev–Trinajstić information content (AvgIpc) is 3.41. The molecular weight excluding hydrogens is 576 g/mol. The van der Waals surface area contributed by atoms with Crippen molar-refractivity contribution in [2.24, 2.45) is 52.3 Å². The smallest absolute Gasteiger partial charge is 0.302 e. The van der Waals surface area contributed by atoms with Crippen LogP contribution in [0.25, 0.3) is 0 Å². The number of aryl methyl sites for hydroxylation is 1. The molecule has 0 N–H and O–H groups in total. The Labute approximate surface area is 264 Å². The van der Waals surface area contributed by atoms with Crippen molar-refractivity contribution in [2.75, 3.05) is 6.61 Å². The number of esters is 1. The first kappa shape index (κ1) is 31.1. The van der Waals surface area contributed by atoms with Crippen LogP contribution in [-0.4, -0.2) is 45.1 Å². The zero-order chi connectivity index (χ0) is 31.2. The van der Waals surface area contributed by atoms with Gasteiger partial charge in [0.05, 0.1) is 17.6 Å². The highest BCUT2D eigenvalue weighted by atomic mass is 32.2. The van der Waals surface area contributed by atoms with Gasteiger partial charge in [-0.1, -0.05) is 45.4 Å². The molecule has 4 aliphatic carbocycles. The number of carbonyl (C=O) groups excluding carboxylic acids is 1. The van der Waals surface area contributed by atoms with Crippen LogP contribution in [0.3, 0.4) is 0 Å². The van der Waals surface area contributed by atoms with Crippen LogP contribution in [-0.2, 0) is 33.3 Å². The molecule has 2 saturated heterocycles. The zero-order valence-electron chi connectivity index (χ0n) is 27.4. The van der Waals surface area contributed by atoms with Crippen molar-refractivity contribution < 1.29 is 31.6 Å². The maximum Gasteiger partial charge on any atom is 0.302 e. The van der Waals surface area contributed by atoms with E-state index < -0.39 is 22.0 Å². The molecule has 6 aliphatic rings. The first-order chi connectivity index (χ1) is 20.8. The van der Waals surface area contributed by atoms with E-state index in [-0.39, 0.29) is 40.3 Å². The third-order valence-electron chi connectivity index (χ3n) is 13.8. The molecule has 0 bridgehead atoms. The first-order valence-corrected chi connectivity index (χ1v) is 18.7. The predicted molar refractivity (Wildman–Crippen MR) is 166 cm³/mol. The summed E-state index contributed by atoms with van der Waals surface area (Å²) in [7, 11) is -3.98. The van der Waals surface area contributed by atoms with Crippen LogP contribution in [0.4, 0.5) is 0 Å². The molecule has 13 atom stereocenters. The van der Waals surface area contributed by atoms with Crippen LogP contribution in [0.5, 0.6) is 0 Å². The van der Waals surface area contributed by atoms with Gasteiger partial charge in [0.2, 0.25) is 0 Å². The molecule has 4 saturated carbocycles. The minimum Gasteiger partial charge on any atom is -0.463 e. The van der Waals surface area contributed by atoms with Crippen molar-refractivity contribution in [3.63, 3.8) is 0 Å². The second kappa shape index (κ2) is 10.8. The summed E-state index contributed by atoms with van der Waals surface area (Å²) in [4.78, 5) is 11.9. The number of hydrogen-bond donors (Lipinski definition) is 0. The van der Waals surface area contributed by atoms with E-state index in [1.54, 1.807) is 12.1 Å². The van der Waals surface area contributed by atoms with E-state index >= 15 is 0 Å². The van der Waals surface area contributed by atoms with Gasteiger partial charge < -0.3 is 14.2 Å². The van der Waals surface area contributed by atoms with Crippen molar-refractivity contribution in [3.05, 3.63) is 29.8 Å². The van der Waals surface area contributed by atoms with Gasteiger partial charge in [-0.25, -0.2) is 0 Å². The van der Waals surface area contributed by atoms with E-state index in [2.05, 4.69) is 27.7 Å². The van der Waals surface area contributed by atoms with E-state index in [9.17, 15) is 13.2 Å². The number of fused-ring (bicyclic) bond motifs is 7. The molecule has 2 aliphatic heterocycles. The largest absolute Gasteiger partial charge is 0.463 e. The number of rotatable bonds is 4. The summed E-state index contributed by atoms with van der Waals surface area (Å²) in [5, 5.41) is 0. The minimum atomic E-state index is -3.98. The van der Waals surface area contributed by atoms with Gasteiger partial charge in [0.25, 0.3) is 10.1 Å². The maximum atomic E-state index is 13.5. The molecule has 0 unspecified atom stereocenters. The third kappa shape index (κ3) is 4.74. The van der Waals surface area contributed by atoms with Gasteiger partial charge in [0.1, 0.15) is 12.2 Å². The standard InChI is InChI=1S/C36H52O7S/c1-21-7-10-27(11-8-21)44(38,39)43-32-17-22(2)20-40-36(32)23(3)33-31(42-36)19-30-28-12-9-25-18-26(41-24(4)37)13-15-34(25,5)29(28)14-16-35(30,33)6/h7-8,10-11,22-23,25-26,28-33H,9,12-20H2,1-6H3/t22-,23-,25+,26-,28+,29-,30-,31-,32+,33-,34-,35-,36-/m0/s1. The predicted octanol–water partition coefficient (Wildman–Crippen LogP) is 7.06. The molecule has 244 valence electrons. The summed E-state index contributed by atoms with van der Waals surface area (Å²) >= 11 is 0. The van der Waals surface area contributed by atoms with Crippen LogP contribution >= 0.6 is 0 Å². The molecule has 0 radical (unpaired) electrons. The topological polar surface area (TPSA) is 88.1 Å². The summed E-state index contributed by atoms with van der Waals surface area (Å²) in [5.41, 5.74) is 1.43. The Hall–Kier alpha value is -1.48. The lowest BCUT2D eigenvalue weighted by atomic mass is 9.44. The molecule has 1 aromatic rings. The van der Waals surface area contributed by atoms with Gasteiger partial charge in [-0.3, -0.25) is 8.98 Å². The zero-order valence-corrected chi connectivity index (χ0v) is 28.2. The SMILES string of the molecule is CC(=O)O[C@H]1CC[C@@]2(C)[C@H](CC[C@@H]3[C@@H]2CC[C@]2(C)[C@@H]4[C@H](C[C@@H]32)O[C@@]2(OC[C@@H](C)C[C@H]2OS(=O)(=O)c2ccc(C)cc2)[C@H]4C)C1. The molecule has 44 heavy (non-hydrogen) atoms. The van der Waals surface area contributed by atoms with Crippen molar-refractivity contribution >= 4 is 16.1 Å². The highest BCUT2D eigenvalue weighted by Gasteiger charge is 2.71. The van der Waals surface area contributed by atoms with Crippen LogP contribution < -0.4 is 0 Å². The number of ether oxygens (including phenoxy) is 3. The van der Waals surface area contributed by atoms with Gasteiger partial charge in [0.15, 0.2) is 5.79 Å². The van der Waals surface area contributed by atoms with E-state index in [4.69, 9.17) is 18.4 Å². The fourth-order valence-electron chi connectivity index (χ4n) is 11.7. The summed E-state index contributed by atoms with van der Waals surface area (Å²) in [6, 6.07) is 6.87. The minimum absolute atomic E-state index is 0.0239. The van der Waals surface area contributed by atoms with Gasteiger partial charge >= 0.3 is 5.97 Å². The Morgan fingerprint density at radius 3 is 2.39 bits per heavy atom. The summed E-state index contributed by atoms with van der Waals surface area (Å²) in [6.45, 7) is 13.4. The van der Waals surface area contributed by atoms with Crippen molar-refractivity contribution in [1.29, 1.82) is 0 Å². The summed E-state index contributed by atoms with van der Waals surface area (Å²) in [6.07, 6.45) is 9.04. The van der Waals surface area contributed by atoms with Gasteiger partial charge in [-0.15, -0.1) is 0 Å². The average molecular weight is 629 g/mol. The fraction of sp³-hybridized carbons (Fsp3) is 0.806. The second-order valence-corrected chi connectivity index (χ2v) is 17.7. The van der Waals surface area contributed by atoms with Crippen molar-refractivity contribution in [2.45, 2.75) is 128 Å². The molecular formula is C36H52O7S. The Morgan fingerprint density at radius 2 is 1.66 bits per heavy atom. The van der Waals surface area contributed by atoms with Crippen LogP contribution in [0.2, 0.25) is 0 Å². The highest BCUT2D eigenvalue weighted by Crippen LogP contribution is 2.71. The normalized spacial score (nSPS) is 48.2. The molecule has 0 aromatic heterocycles. The third-order valence-corrected chi connectivity index (χ3v) is 15.1. The lowest BCUT2D eigenvalue weighted by Crippen LogP contribution is -2.58. The molecule has 1 spiro atoms. The van der Waals surface area contributed by atoms with E-state index in [1.165, 1.54) is 32.6 Å². The van der Waals surface area contributed by atoms with Gasteiger partial charge in [-0.05, 0) is 123 Å². The van der Waals surface area contributed by atoms with E-state index in [0.29, 0.717) is 48.0 Å². The molecule has 6 fully saturated rings. The fourth-order valence-corrected chi connectivity index (χ4v) is 12.8. The van der Waals surface area contributed by atoms with Gasteiger partial charge in [-0.2, -0.15) is 8.42 Å². The Morgan fingerprint density at radius 1 is 0.932 bits per heavy atom. The molecule has 1 aromatic carbocycles. The van der Waals surface area contributed by atoms with Crippen molar-refractivity contribution in [1.82, 2.24) is 0 Å². The van der Waals surface area contributed by atoms with Gasteiger partial charge in [0, 0.05) is 12.8 Å². The summed E-state index contributed by atoms with van der Waals surface area (Å²) < 4.78 is 52.5. The number of benzene rings is 1. The number of hydrogen-bond acceptors (Lipinski definition) is 7. The second-order valence-electron chi connectivity index (χ2n) is 16.1. The quantitative estimate of drug-likeness (QED) is 0.261. The Bertz CT molecular complexity index is 1380. The lowest BCUT2D eigenvalue weighted by Gasteiger charge is -2.61. The highest BCUT2D eigenvalue weighted by molar-refractivity contribution is 7.86. The van der Waals surface area contributed by atoms with Crippen LogP contribution in [0.15, 0.2) is 29.2 Å². The van der Waals surface area contributed by atoms with E-state index in [0.717, 1.165) is 31.2 Å². The molecule has 7 rings (SSSR count). The number of carbonyl (C=O) groups is 1. The van der Waals surface area contributed by atoms with Crippen LogP contribution in [0, 0.1) is 59.2 Å².